The molecule has 4 aliphatic carbocycles. The van der Waals surface area contributed by atoms with Gasteiger partial charge in [-0.2, -0.15) is 0 Å². The second-order valence-electron chi connectivity index (χ2n) is 5.07. The van der Waals surface area contributed by atoms with E-state index in [0.29, 0.717) is 0 Å². The van der Waals surface area contributed by atoms with Crippen LogP contribution in [0.3, 0.4) is 0 Å². The average molecular weight is 290 g/mol. The van der Waals surface area contributed by atoms with Crippen molar-refractivity contribution in [2.45, 2.75) is 38.5 Å². The van der Waals surface area contributed by atoms with Gasteiger partial charge in [-0.25, -0.2) is 0 Å². The molecule has 4 nitrogen and oxygen atoms in total. The first kappa shape index (κ1) is 16.5. The smallest absolute Gasteiger partial charge is 0.554 e. The molecule has 0 N–H and O–H groups in total. The predicted molar refractivity (Wildman–Crippen MR) is 53.8 cm³/mol. The van der Waals surface area contributed by atoms with Gasteiger partial charge < -0.3 is 19.8 Å². The fourth-order valence-electron chi connectivity index (χ4n) is 3.98. The van der Waals surface area contributed by atoms with Crippen molar-refractivity contribution < 1.29 is 36.9 Å². The maximum Gasteiger partial charge on any atom is 2.00 e. The van der Waals surface area contributed by atoms with E-state index in [2.05, 4.69) is 0 Å². The van der Waals surface area contributed by atoms with Crippen LogP contribution in [0.15, 0.2) is 0 Å². The van der Waals surface area contributed by atoms with Crippen LogP contribution in [0, 0.1) is 23.7 Å². The molecule has 0 aliphatic heterocycles. The van der Waals surface area contributed by atoms with E-state index in [1.165, 1.54) is 23.7 Å². The molecule has 101 valence electrons. The van der Waals surface area contributed by atoms with Crippen molar-refractivity contribution in [2.24, 2.45) is 23.7 Å². The van der Waals surface area contributed by atoms with Crippen molar-refractivity contribution >= 4 is 12.9 Å². The van der Waals surface area contributed by atoms with Crippen molar-refractivity contribution in [2.75, 3.05) is 0 Å². The van der Waals surface area contributed by atoms with E-state index in [1.54, 1.807) is 38.5 Å². The van der Waals surface area contributed by atoms with E-state index < -0.39 is 12.9 Å². The summed E-state index contributed by atoms with van der Waals surface area (Å²) in [5.74, 6) is 4.71. The molecule has 4 rings (SSSR count). The average Bonchev–Trinajstić information content (AvgIpc) is 2.17. The Morgan fingerprint density at radius 2 is 0.765 bits per heavy atom. The Morgan fingerprint density at radius 3 is 0.882 bits per heavy atom. The molecule has 4 bridgehead atoms. The zero-order chi connectivity index (χ0) is 12.0. The van der Waals surface area contributed by atoms with Crippen LogP contribution in [0.4, 0.5) is 0 Å². The summed E-state index contributed by atoms with van der Waals surface area (Å²) in [7, 11) is 0. The van der Waals surface area contributed by atoms with Crippen molar-refractivity contribution in [1.29, 1.82) is 0 Å². The number of carbonyl (C=O) groups excluding carboxylic acids is 2. The molecule has 0 atom stereocenters. The number of hydrogen-bond donors (Lipinski definition) is 0. The summed E-state index contributed by atoms with van der Waals surface area (Å²) < 4.78 is 0. The van der Waals surface area contributed by atoms with Gasteiger partial charge >= 0.3 is 17.1 Å². The summed E-state index contributed by atoms with van der Waals surface area (Å²) in [6.45, 7) is -1.00. The van der Waals surface area contributed by atoms with Gasteiger partial charge in [0.1, 0.15) is 0 Å². The largest absolute Gasteiger partial charge is 2.00 e. The molecular weight excluding hydrogens is 272 g/mol. The van der Waals surface area contributed by atoms with Gasteiger partial charge in [0.2, 0.25) is 0 Å². The van der Waals surface area contributed by atoms with E-state index >= 15 is 0 Å². The summed E-state index contributed by atoms with van der Waals surface area (Å²) in [5.41, 5.74) is 0. The molecule has 0 spiro atoms. The second-order valence-corrected chi connectivity index (χ2v) is 5.07. The van der Waals surface area contributed by atoms with E-state index in [9.17, 15) is 0 Å². The van der Waals surface area contributed by atoms with E-state index in [4.69, 9.17) is 19.8 Å². The Hall–Kier alpha value is -0.541. The molecule has 0 aromatic carbocycles. The van der Waals surface area contributed by atoms with Gasteiger partial charge in [0, 0.05) is 12.9 Å². The zero-order valence-corrected chi connectivity index (χ0v) is 10.6. The number of rotatable bonds is 0. The number of hydrogen-bond acceptors (Lipinski definition) is 4. The number of carboxylic acid groups (broad SMARTS) is 2. The number of carbonyl (C=O) groups is 2. The van der Waals surface area contributed by atoms with Crippen LogP contribution in [0.1, 0.15) is 38.5 Å². The maximum atomic E-state index is 8.25. The van der Waals surface area contributed by atoms with Gasteiger partial charge in [-0.1, -0.05) is 0 Å². The first-order valence-electron chi connectivity index (χ1n) is 5.84. The van der Waals surface area contributed by atoms with Crippen LogP contribution in [0.5, 0.6) is 0 Å². The molecule has 0 unspecified atom stereocenters. The van der Waals surface area contributed by atoms with E-state index in [1.807, 2.05) is 0 Å². The van der Waals surface area contributed by atoms with E-state index in [-0.39, 0.29) is 17.1 Å². The van der Waals surface area contributed by atoms with Gasteiger partial charge in [0.05, 0.1) is 0 Å². The normalized spacial score (nSPS) is 35.3. The van der Waals surface area contributed by atoms with Crippen LogP contribution >= 0.6 is 0 Å². The van der Waals surface area contributed by atoms with E-state index in [0.717, 1.165) is 0 Å². The quantitative estimate of drug-likeness (QED) is 0.447. The van der Waals surface area contributed by atoms with Gasteiger partial charge in [0.25, 0.3) is 0 Å². The second kappa shape index (κ2) is 8.54. The topological polar surface area (TPSA) is 80.3 Å². The molecule has 1 radical (unpaired) electrons. The summed E-state index contributed by atoms with van der Waals surface area (Å²) in [4.78, 5) is 16.5. The molecule has 0 aromatic rings. The Kier molecular flexibility index (Phi) is 8.26. The first-order valence-corrected chi connectivity index (χ1v) is 5.84. The minimum atomic E-state index is -0.500. The van der Waals surface area contributed by atoms with Gasteiger partial charge in [0.15, 0.2) is 0 Å². The summed E-state index contributed by atoms with van der Waals surface area (Å²) in [6, 6.07) is 0. The van der Waals surface area contributed by atoms with Crippen LogP contribution in [-0.2, 0) is 26.7 Å². The third kappa shape index (κ3) is 5.09. The Morgan fingerprint density at radius 1 is 0.647 bits per heavy atom. The molecule has 0 aromatic heterocycles. The van der Waals surface area contributed by atoms with Crippen LogP contribution in [0.25, 0.3) is 0 Å². The van der Waals surface area contributed by atoms with Gasteiger partial charge in [-0.15, -0.1) is 0 Å². The molecule has 0 amide bonds. The molecule has 17 heavy (non-hydrogen) atoms. The molecule has 4 aliphatic rings. The van der Waals surface area contributed by atoms with Crippen molar-refractivity contribution in [3.8, 4) is 0 Å². The zero-order valence-electron chi connectivity index (χ0n) is 9.64. The van der Waals surface area contributed by atoms with Crippen molar-refractivity contribution in [1.82, 2.24) is 0 Å². The molecule has 0 saturated heterocycles. The fourth-order valence-corrected chi connectivity index (χ4v) is 3.98. The standard InChI is InChI=1S/C10H16.2CH2O2.Cu/c1-7-2-9-4-8(1)5-10(3-7)6-9;2*2-1-3;/h7-10H,1-6H2;2*1H,(H,2,3);/q;;;+2/p-2. The molecule has 4 saturated carbocycles. The molecular formula is C12H18CuO4. The minimum absolute atomic E-state index is 0. The minimum Gasteiger partial charge on any atom is -0.554 e. The van der Waals surface area contributed by atoms with Crippen molar-refractivity contribution in [3.05, 3.63) is 0 Å². The molecule has 4 fully saturated rings. The van der Waals surface area contributed by atoms with Crippen LogP contribution < -0.4 is 10.2 Å². The monoisotopic (exact) mass is 289 g/mol. The molecule has 0 heterocycles. The third-order valence-corrected chi connectivity index (χ3v) is 4.00. The summed E-state index contributed by atoms with van der Waals surface area (Å²) in [6.07, 6.45) is 9.62. The van der Waals surface area contributed by atoms with Crippen LogP contribution in [-0.4, -0.2) is 12.9 Å². The SMILES string of the molecule is C1C2CC3CC1CC(C2)C3.O=C[O-].O=C[O-].[Cu+2]. The Balaban J connectivity index is 0.000000320. The van der Waals surface area contributed by atoms with Gasteiger partial charge in [-0.3, -0.25) is 0 Å². The first-order chi connectivity index (χ1) is 7.73. The predicted octanol–water partition coefficient (Wildman–Crippen LogP) is -0.438. The fraction of sp³-hybridized carbons (Fsp3) is 0.833. The van der Waals surface area contributed by atoms with Crippen molar-refractivity contribution in [3.63, 3.8) is 0 Å². The Labute approximate surface area is 112 Å². The third-order valence-electron chi connectivity index (χ3n) is 4.00. The molecule has 5 heteroatoms. The Bertz CT molecular complexity index is 170. The van der Waals surface area contributed by atoms with Crippen LogP contribution in [0.2, 0.25) is 0 Å². The maximum absolute atomic E-state index is 8.25. The summed E-state index contributed by atoms with van der Waals surface area (Å²) >= 11 is 0. The summed E-state index contributed by atoms with van der Waals surface area (Å²) in [5, 5.41) is 16.5. The van der Waals surface area contributed by atoms with Gasteiger partial charge in [-0.05, 0) is 62.2 Å².